The van der Waals surface area contributed by atoms with E-state index in [0.29, 0.717) is 6.42 Å². The van der Waals surface area contributed by atoms with E-state index >= 15 is 0 Å². The summed E-state index contributed by atoms with van der Waals surface area (Å²) >= 11 is 1.68. The van der Waals surface area contributed by atoms with E-state index in [1.54, 1.807) is 23.7 Å². The molecule has 6 nitrogen and oxygen atoms in total. The highest BCUT2D eigenvalue weighted by Crippen LogP contribution is 2.10. The second-order valence-electron chi connectivity index (χ2n) is 6.21. The quantitative estimate of drug-likeness (QED) is 0.728. The average Bonchev–Trinajstić information content (AvgIpc) is 3.18. The molecule has 0 bridgehead atoms. The Balaban J connectivity index is 1.26. The molecule has 2 aromatic heterocycles. The molecule has 134 valence electrons. The molecule has 0 atom stereocenters. The molecule has 0 aromatic carbocycles. The zero-order chi connectivity index (χ0) is 17.3. The van der Waals surface area contributed by atoms with E-state index in [1.165, 1.54) is 5.56 Å². The molecular formula is C18H25N5OS. The first-order valence-electron chi connectivity index (χ1n) is 8.83. The number of carbonyl (C=O) groups is 1. The molecule has 1 aliphatic rings. The van der Waals surface area contributed by atoms with E-state index in [2.05, 4.69) is 41.9 Å². The Hall–Kier alpha value is -1.99. The van der Waals surface area contributed by atoms with Gasteiger partial charge in [-0.15, -0.1) is 0 Å². The number of piperazine rings is 1. The number of carbonyl (C=O) groups excluding carboxylic acids is 1. The van der Waals surface area contributed by atoms with Crippen molar-refractivity contribution in [2.24, 2.45) is 0 Å². The second-order valence-corrected chi connectivity index (χ2v) is 6.99. The maximum atomic E-state index is 11.8. The SMILES string of the molecule is O=C(CCc1ccsc1)NCCCN1CCN(c2ncccn2)CC1. The van der Waals surface area contributed by atoms with E-state index < -0.39 is 0 Å². The lowest BCUT2D eigenvalue weighted by molar-refractivity contribution is -0.121. The van der Waals surface area contributed by atoms with Crippen LogP contribution in [0, 0.1) is 0 Å². The van der Waals surface area contributed by atoms with E-state index in [1.807, 2.05) is 6.07 Å². The van der Waals surface area contributed by atoms with Crippen molar-refractivity contribution in [3.63, 3.8) is 0 Å². The van der Waals surface area contributed by atoms with Crippen molar-refractivity contribution in [1.29, 1.82) is 0 Å². The molecule has 0 saturated carbocycles. The van der Waals surface area contributed by atoms with E-state index in [9.17, 15) is 4.79 Å². The number of aromatic nitrogens is 2. The van der Waals surface area contributed by atoms with Crippen molar-refractivity contribution < 1.29 is 4.79 Å². The van der Waals surface area contributed by atoms with Crippen LogP contribution in [0.2, 0.25) is 0 Å². The van der Waals surface area contributed by atoms with Crippen LogP contribution in [0.4, 0.5) is 5.95 Å². The molecule has 3 rings (SSSR count). The van der Waals surface area contributed by atoms with Crippen LogP contribution in [0.3, 0.4) is 0 Å². The maximum Gasteiger partial charge on any atom is 0.225 e. The second kappa shape index (κ2) is 9.48. The van der Waals surface area contributed by atoms with Crippen molar-refractivity contribution in [3.05, 3.63) is 40.8 Å². The fourth-order valence-electron chi connectivity index (χ4n) is 2.94. The molecule has 0 aliphatic carbocycles. The summed E-state index contributed by atoms with van der Waals surface area (Å²) in [5, 5.41) is 7.18. The molecule has 1 N–H and O–H groups in total. The number of nitrogens with one attached hydrogen (secondary N) is 1. The number of hydrogen-bond acceptors (Lipinski definition) is 6. The number of aryl methyl sites for hydroxylation is 1. The first-order valence-corrected chi connectivity index (χ1v) is 9.77. The predicted molar refractivity (Wildman–Crippen MR) is 101 cm³/mol. The fraction of sp³-hybridized carbons (Fsp3) is 0.500. The van der Waals surface area contributed by atoms with E-state index in [4.69, 9.17) is 0 Å². The van der Waals surface area contributed by atoms with Crippen molar-refractivity contribution >= 4 is 23.2 Å². The number of amides is 1. The van der Waals surface area contributed by atoms with Crippen molar-refractivity contribution in [2.45, 2.75) is 19.3 Å². The molecule has 1 aliphatic heterocycles. The summed E-state index contributed by atoms with van der Waals surface area (Å²) in [4.78, 5) is 25.1. The van der Waals surface area contributed by atoms with Crippen LogP contribution < -0.4 is 10.2 Å². The van der Waals surface area contributed by atoms with Gasteiger partial charge in [0.2, 0.25) is 11.9 Å². The first kappa shape index (κ1) is 17.8. The molecule has 1 fully saturated rings. The Kier molecular flexibility index (Phi) is 6.76. The zero-order valence-electron chi connectivity index (χ0n) is 14.4. The van der Waals surface area contributed by atoms with Gasteiger partial charge in [-0.1, -0.05) is 0 Å². The summed E-state index contributed by atoms with van der Waals surface area (Å²) in [7, 11) is 0. The molecule has 1 amide bonds. The van der Waals surface area contributed by atoms with Crippen LogP contribution in [0.1, 0.15) is 18.4 Å². The van der Waals surface area contributed by atoms with Crippen LogP contribution in [0.15, 0.2) is 35.3 Å². The maximum absolute atomic E-state index is 11.8. The Bertz CT molecular complexity index is 626. The van der Waals surface area contributed by atoms with Gasteiger partial charge in [0.25, 0.3) is 0 Å². The Morgan fingerprint density at radius 2 is 2.00 bits per heavy atom. The van der Waals surface area contributed by atoms with Gasteiger partial charge < -0.3 is 10.2 Å². The number of anilines is 1. The van der Waals surface area contributed by atoms with Gasteiger partial charge in [-0.2, -0.15) is 11.3 Å². The Morgan fingerprint density at radius 3 is 2.72 bits per heavy atom. The number of nitrogens with zero attached hydrogens (tertiary/aromatic N) is 4. The van der Waals surface area contributed by atoms with Crippen molar-refractivity contribution in [1.82, 2.24) is 20.2 Å². The lowest BCUT2D eigenvalue weighted by Crippen LogP contribution is -2.47. The van der Waals surface area contributed by atoms with Gasteiger partial charge >= 0.3 is 0 Å². The third-order valence-corrected chi connectivity index (χ3v) is 5.13. The van der Waals surface area contributed by atoms with Crippen LogP contribution in [0.25, 0.3) is 0 Å². The monoisotopic (exact) mass is 359 g/mol. The minimum absolute atomic E-state index is 0.150. The minimum atomic E-state index is 0.150. The Morgan fingerprint density at radius 1 is 1.20 bits per heavy atom. The summed E-state index contributed by atoms with van der Waals surface area (Å²) in [6.07, 6.45) is 5.98. The highest BCUT2D eigenvalue weighted by atomic mass is 32.1. The predicted octanol–water partition coefficient (Wildman–Crippen LogP) is 1.80. The molecule has 0 unspecified atom stereocenters. The molecule has 7 heteroatoms. The van der Waals surface area contributed by atoms with Crippen LogP contribution in [0.5, 0.6) is 0 Å². The smallest absolute Gasteiger partial charge is 0.225 e. The highest BCUT2D eigenvalue weighted by molar-refractivity contribution is 7.07. The number of thiophene rings is 1. The minimum Gasteiger partial charge on any atom is -0.356 e. The molecule has 3 heterocycles. The van der Waals surface area contributed by atoms with E-state index in [0.717, 1.165) is 58.1 Å². The summed E-state index contributed by atoms with van der Waals surface area (Å²) in [6, 6.07) is 3.92. The van der Waals surface area contributed by atoms with Crippen LogP contribution in [-0.2, 0) is 11.2 Å². The van der Waals surface area contributed by atoms with Crippen LogP contribution >= 0.6 is 11.3 Å². The third-order valence-electron chi connectivity index (χ3n) is 4.40. The molecular weight excluding hydrogens is 334 g/mol. The third kappa shape index (κ3) is 5.79. The summed E-state index contributed by atoms with van der Waals surface area (Å²) < 4.78 is 0. The summed E-state index contributed by atoms with van der Waals surface area (Å²) in [5.74, 6) is 0.970. The molecule has 2 aromatic rings. The van der Waals surface area contributed by atoms with Gasteiger partial charge in [0, 0.05) is 51.5 Å². The van der Waals surface area contributed by atoms with Crippen LogP contribution in [-0.4, -0.2) is 60.0 Å². The molecule has 1 saturated heterocycles. The van der Waals surface area contributed by atoms with Gasteiger partial charge in [-0.25, -0.2) is 9.97 Å². The Labute approximate surface area is 152 Å². The lowest BCUT2D eigenvalue weighted by atomic mass is 10.2. The molecule has 25 heavy (non-hydrogen) atoms. The topological polar surface area (TPSA) is 61.4 Å². The largest absolute Gasteiger partial charge is 0.356 e. The zero-order valence-corrected chi connectivity index (χ0v) is 15.2. The molecule has 0 radical (unpaired) electrons. The van der Waals surface area contributed by atoms with Crippen molar-refractivity contribution in [3.8, 4) is 0 Å². The standard InChI is InChI=1S/C18H25N5OS/c24-17(4-3-16-5-14-25-15-16)19-8-2-9-22-10-12-23(13-11-22)18-20-6-1-7-21-18/h1,5-7,14-15H,2-4,8-13H2,(H,19,24). The highest BCUT2D eigenvalue weighted by Gasteiger charge is 2.18. The average molecular weight is 359 g/mol. The number of rotatable bonds is 8. The van der Waals surface area contributed by atoms with Gasteiger partial charge in [-0.3, -0.25) is 9.69 Å². The van der Waals surface area contributed by atoms with Gasteiger partial charge in [0.15, 0.2) is 0 Å². The summed E-state index contributed by atoms with van der Waals surface area (Å²) in [6.45, 7) is 5.72. The van der Waals surface area contributed by atoms with Gasteiger partial charge in [0.05, 0.1) is 0 Å². The normalized spacial score (nSPS) is 15.3. The fourth-order valence-corrected chi connectivity index (χ4v) is 3.64. The van der Waals surface area contributed by atoms with Gasteiger partial charge in [0.1, 0.15) is 0 Å². The van der Waals surface area contributed by atoms with E-state index in [-0.39, 0.29) is 5.91 Å². The number of hydrogen-bond donors (Lipinski definition) is 1. The first-order chi connectivity index (χ1) is 12.3. The van der Waals surface area contributed by atoms with Crippen molar-refractivity contribution in [2.75, 3.05) is 44.2 Å². The molecule has 0 spiro atoms. The lowest BCUT2D eigenvalue weighted by Gasteiger charge is -2.34. The van der Waals surface area contributed by atoms with Gasteiger partial charge in [-0.05, 0) is 47.8 Å². The summed E-state index contributed by atoms with van der Waals surface area (Å²) in [5.41, 5.74) is 1.25.